The number of hydrogen-bond acceptors (Lipinski definition) is 4. The van der Waals surface area contributed by atoms with E-state index < -0.39 is 15.3 Å². The van der Waals surface area contributed by atoms with Crippen molar-refractivity contribution in [2.45, 2.75) is 65.8 Å². The van der Waals surface area contributed by atoms with Crippen molar-refractivity contribution in [1.82, 2.24) is 9.80 Å². The van der Waals surface area contributed by atoms with E-state index in [-0.39, 0.29) is 35.3 Å². The second-order valence-electron chi connectivity index (χ2n) is 8.78. The minimum atomic E-state index is -3.03. The molecule has 26 heavy (non-hydrogen) atoms. The van der Waals surface area contributed by atoms with Crippen molar-refractivity contribution in [1.29, 1.82) is 0 Å². The maximum atomic E-state index is 13.2. The van der Waals surface area contributed by atoms with Crippen molar-refractivity contribution in [3.05, 3.63) is 0 Å². The number of rotatable bonds is 5. The number of amides is 2. The predicted octanol–water partition coefficient (Wildman–Crippen LogP) is 2.09. The largest absolute Gasteiger partial charge is 0.341 e. The maximum absolute atomic E-state index is 13.2. The molecule has 0 spiro atoms. The Morgan fingerprint density at radius 1 is 1.19 bits per heavy atom. The van der Waals surface area contributed by atoms with Gasteiger partial charge in [-0.1, -0.05) is 34.1 Å². The summed E-state index contributed by atoms with van der Waals surface area (Å²) in [5.74, 6) is 0.160. The van der Waals surface area contributed by atoms with E-state index in [1.54, 1.807) is 0 Å². The minimum Gasteiger partial charge on any atom is -0.341 e. The van der Waals surface area contributed by atoms with Gasteiger partial charge in [0.25, 0.3) is 0 Å². The van der Waals surface area contributed by atoms with Crippen molar-refractivity contribution in [2.24, 2.45) is 11.3 Å². The maximum Gasteiger partial charge on any atom is 0.227 e. The number of piperidine rings is 1. The van der Waals surface area contributed by atoms with Crippen LogP contribution in [-0.4, -0.2) is 67.2 Å². The van der Waals surface area contributed by atoms with Gasteiger partial charge in [0.15, 0.2) is 9.84 Å². The SMILES string of the molecule is CCCCN(C(=O)C1CCCN(C(=O)C(C)(C)C)C1)C1CCS(=O)(=O)C1. The van der Waals surface area contributed by atoms with Crippen LogP contribution in [0.1, 0.15) is 59.8 Å². The first-order valence-corrected chi connectivity index (χ1v) is 11.7. The Hall–Kier alpha value is -1.11. The lowest BCUT2D eigenvalue weighted by molar-refractivity contribution is -0.146. The lowest BCUT2D eigenvalue weighted by Gasteiger charge is -2.39. The molecule has 0 aromatic heterocycles. The zero-order valence-electron chi connectivity index (χ0n) is 16.7. The molecule has 6 nitrogen and oxygen atoms in total. The van der Waals surface area contributed by atoms with E-state index in [0.29, 0.717) is 26.1 Å². The van der Waals surface area contributed by atoms with Gasteiger partial charge in [0.1, 0.15) is 0 Å². The normalized spacial score (nSPS) is 25.9. The second kappa shape index (κ2) is 8.28. The van der Waals surface area contributed by atoms with Gasteiger partial charge >= 0.3 is 0 Å². The van der Waals surface area contributed by atoms with Crippen LogP contribution in [0.15, 0.2) is 0 Å². The fourth-order valence-corrected chi connectivity index (χ4v) is 5.63. The first-order chi connectivity index (χ1) is 12.0. The van der Waals surface area contributed by atoms with E-state index in [4.69, 9.17) is 0 Å². The average Bonchev–Trinajstić information content (AvgIpc) is 2.93. The summed E-state index contributed by atoms with van der Waals surface area (Å²) in [4.78, 5) is 29.4. The molecule has 2 amide bonds. The van der Waals surface area contributed by atoms with Crippen LogP contribution in [-0.2, 0) is 19.4 Å². The molecular weight excluding hydrogens is 352 g/mol. The first-order valence-electron chi connectivity index (χ1n) is 9.85. The topological polar surface area (TPSA) is 74.8 Å². The van der Waals surface area contributed by atoms with E-state index in [0.717, 1.165) is 25.7 Å². The Morgan fingerprint density at radius 2 is 1.88 bits per heavy atom. The Labute approximate surface area is 158 Å². The van der Waals surface area contributed by atoms with Gasteiger partial charge in [-0.3, -0.25) is 9.59 Å². The highest BCUT2D eigenvalue weighted by Gasteiger charge is 2.39. The third-order valence-corrected chi connectivity index (χ3v) is 7.13. The zero-order chi connectivity index (χ0) is 19.5. The minimum absolute atomic E-state index is 0.0342. The third kappa shape index (κ3) is 5.21. The van der Waals surface area contributed by atoms with Crippen LogP contribution in [0.4, 0.5) is 0 Å². The van der Waals surface area contributed by atoms with E-state index in [1.165, 1.54) is 0 Å². The monoisotopic (exact) mass is 386 g/mol. The molecule has 2 fully saturated rings. The molecule has 0 bridgehead atoms. The van der Waals surface area contributed by atoms with Crippen molar-refractivity contribution in [3.63, 3.8) is 0 Å². The lowest BCUT2D eigenvalue weighted by Crippen LogP contribution is -2.51. The molecule has 0 N–H and O–H groups in total. The number of likely N-dealkylation sites (tertiary alicyclic amines) is 1. The highest BCUT2D eigenvalue weighted by Crippen LogP contribution is 2.27. The van der Waals surface area contributed by atoms with Gasteiger partial charge in [-0.15, -0.1) is 0 Å². The summed E-state index contributed by atoms with van der Waals surface area (Å²) >= 11 is 0. The van der Waals surface area contributed by atoms with Crippen LogP contribution < -0.4 is 0 Å². The van der Waals surface area contributed by atoms with Gasteiger partial charge < -0.3 is 9.80 Å². The second-order valence-corrected chi connectivity index (χ2v) is 11.0. The van der Waals surface area contributed by atoms with Crippen molar-refractivity contribution in [2.75, 3.05) is 31.1 Å². The number of carbonyl (C=O) groups is 2. The Morgan fingerprint density at radius 3 is 2.42 bits per heavy atom. The highest BCUT2D eigenvalue weighted by atomic mass is 32.2. The Bertz CT molecular complexity index is 624. The van der Waals surface area contributed by atoms with Gasteiger partial charge in [0.2, 0.25) is 11.8 Å². The molecule has 7 heteroatoms. The van der Waals surface area contributed by atoms with E-state index in [2.05, 4.69) is 6.92 Å². The highest BCUT2D eigenvalue weighted by molar-refractivity contribution is 7.91. The average molecular weight is 387 g/mol. The first kappa shape index (κ1) is 21.2. The third-order valence-electron chi connectivity index (χ3n) is 5.38. The van der Waals surface area contributed by atoms with Gasteiger partial charge in [0.05, 0.1) is 17.4 Å². The molecule has 0 aliphatic carbocycles. The van der Waals surface area contributed by atoms with Gasteiger partial charge in [0, 0.05) is 31.1 Å². The molecule has 2 aliphatic heterocycles. The molecule has 0 radical (unpaired) electrons. The van der Waals surface area contributed by atoms with Crippen LogP contribution in [0.2, 0.25) is 0 Å². The summed E-state index contributed by atoms with van der Waals surface area (Å²) in [6.45, 7) is 9.54. The standard InChI is InChI=1S/C19H34N2O4S/c1-5-6-11-21(16-9-12-26(24,25)14-16)17(22)15-8-7-10-20(13-15)18(23)19(2,3)4/h15-16H,5-14H2,1-4H3. The molecule has 0 aromatic carbocycles. The van der Waals surface area contributed by atoms with Crippen molar-refractivity contribution in [3.8, 4) is 0 Å². The van der Waals surface area contributed by atoms with E-state index in [1.807, 2.05) is 30.6 Å². The summed E-state index contributed by atoms with van der Waals surface area (Å²) in [6.07, 6.45) is 3.97. The van der Waals surface area contributed by atoms with Crippen molar-refractivity contribution < 1.29 is 18.0 Å². The smallest absolute Gasteiger partial charge is 0.227 e. The van der Waals surface area contributed by atoms with Crippen molar-refractivity contribution >= 4 is 21.7 Å². The Balaban J connectivity index is 2.10. The van der Waals surface area contributed by atoms with E-state index in [9.17, 15) is 18.0 Å². The number of hydrogen-bond donors (Lipinski definition) is 0. The lowest BCUT2D eigenvalue weighted by atomic mass is 9.90. The zero-order valence-corrected chi connectivity index (χ0v) is 17.5. The van der Waals surface area contributed by atoms with Gasteiger partial charge in [-0.2, -0.15) is 0 Å². The molecule has 2 aliphatic rings. The van der Waals surface area contributed by atoms with Gasteiger partial charge in [-0.05, 0) is 25.7 Å². The molecule has 2 atom stereocenters. The molecular formula is C19H34N2O4S. The number of unbranched alkanes of at least 4 members (excludes halogenated alkanes) is 1. The summed E-state index contributed by atoms with van der Waals surface area (Å²) in [7, 11) is -3.03. The van der Waals surface area contributed by atoms with Crippen LogP contribution in [0.25, 0.3) is 0 Å². The molecule has 0 aromatic rings. The number of nitrogens with zero attached hydrogens (tertiary/aromatic N) is 2. The molecule has 150 valence electrons. The fraction of sp³-hybridized carbons (Fsp3) is 0.895. The summed E-state index contributed by atoms with van der Waals surface area (Å²) in [5, 5.41) is 0. The molecule has 2 unspecified atom stereocenters. The van der Waals surface area contributed by atoms with Gasteiger partial charge in [-0.25, -0.2) is 8.42 Å². The molecule has 2 heterocycles. The van der Waals surface area contributed by atoms with Crippen LogP contribution in [0.3, 0.4) is 0 Å². The summed E-state index contributed by atoms with van der Waals surface area (Å²) in [6, 6.07) is -0.201. The van der Waals surface area contributed by atoms with Crippen LogP contribution in [0, 0.1) is 11.3 Å². The number of carbonyl (C=O) groups excluding carboxylic acids is 2. The fourth-order valence-electron chi connectivity index (χ4n) is 3.89. The Kier molecular flexibility index (Phi) is 6.75. The van der Waals surface area contributed by atoms with E-state index >= 15 is 0 Å². The summed E-state index contributed by atoms with van der Waals surface area (Å²) < 4.78 is 23.8. The molecule has 2 rings (SSSR count). The van der Waals surface area contributed by atoms with Crippen LogP contribution >= 0.6 is 0 Å². The molecule has 2 saturated heterocycles. The predicted molar refractivity (Wildman–Crippen MR) is 102 cm³/mol. The van der Waals surface area contributed by atoms with Crippen LogP contribution in [0.5, 0.6) is 0 Å². The number of sulfone groups is 1. The molecule has 0 saturated carbocycles. The summed E-state index contributed by atoms with van der Waals surface area (Å²) in [5.41, 5.74) is -0.452. The quantitative estimate of drug-likeness (QED) is 0.725.